The third kappa shape index (κ3) is 3.47. The van der Waals surface area contributed by atoms with Crippen molar-refractivity contribution in [2.75, 3.05) is 20.3 Å². The van der Waals surface area contributed by atoms with E-state index in [1.165, 1.54) is 5.47 Å². The van der Waals surface area contributed by atoms with E-state index in [4.69, 9.17) is 14.1 Å². The lowest BCUT2D eigenvalue weighted by Gasteiger charge is -2.34. The first kappa shape index (κ1) is 16.1. The second-order valence-electron chi connectivity index (χ2n) is 7.24. The monoisotopic (exact) mass is 280 g/mol. The van der Waals surface area contributed by atoms with Crippen molar-refractivity contribution < 1.29 is 14.1 Å². The van der Waals surface area contributed by atoms with Crippen molar-refractivity contribution in [2.45, 2.75) is 65.0 Å². The number of rotatable bonds is 5. The molecule has 0 aromatic carbocycles. The fourth-order valence-electron chi connectivity index (χ4n) is 3.05. The van der Waals surface area contributed by atoms with Crippen molar-refractivity contribution in [1.82, 2.24) is 0 Å². The molecule has 0 spiro atoms. The highest BCUT2D eigenvalue weighted by molar-refractivity contribution is 6.61. The van der Waals surface area contributed by atoms with Gasteiger partial charge in [-0.25, -0.2) is 0 Å². The Bertz CT molecular complexity index is 347. The predicted octanol–water partition coefficient (Wildman–Crippen LogP) is 3.49. The van der Waals surface area contributed by atoms with Crippen LogP contribution in [-0.2, 0) is 14.1 Å². The lowest BCUT2D eigenvalue weighted by atomic mass is 9.52. The van der Waals surface area contributed by atoms with Gasteiger partial charge < -0.3 is 14.1 Å². The third-order valence-electron chi connectivity index (χ3n) is 5.21. The number of methoxy groups -OCH3 is 1. The van der Waals surface area contributed by atoms with Crippen LogP contribution in [0.1, 0.15) is 47.0 Å². The molecule has 4 heteroatoms. The van der Waals surface area contributed by atoms with E-state index in [0.717, 1.165) is 25.6 Å². The van der Waals surface area contributed by atoms with Gasteiger partial charge in [-0.2, -0.15) is 0 Å². The van der Waals surface area contributed by atoms with Crippen LogP contribution >= 0.6 is 0 Å². The van der Waals surface area contributed by atoms with Gasteiger partial charge in [0.2, 0.25) is 0 Å². The Morgan fingerprint density at radius 1 is 1.30 bits per heavy atom. The Hall–Kier alpha value is -0.315. The molecule has 114 valence electrons. The van der Waals surface area contributed by atoms with Crippen LogP contribution < -0.4 is 0 Å². The van der Waals surface area contributed by atoms with Crippen LogP contribution in [0.25, 0.3) is 0 Å². The third-order valence-corrected chi connectivity index (χ3v) is 5.21. The lowest BCUT2D eigenvalue weighted by Crippen LogP contribution is -2.34. The van der Waals surface area contributed by atoms with Gasteiger partial charge in [0.15, 0.2) is 0 Å². The van der Waals surface area contributed by atoms with Gasteiger partial charge >= 0.3 is 6.92 Å². The first-order valence-corrected chi connectivity index (χ1v) is 7.83. The second-order valence-corrected chi connectivity index (χ2v) is 7.24. The highest BCUT2D eigenvalue weighted by Crippen LogP contribution is 2.47. The number of ether oxygens (including phenoxy) is 2. The summed E-state index contributed by atoms with van der Waals surface area (Å²) >= 11 is 0. The van der Waals surface area contributed by atoms with E-state index >= 15 is 0 Å². The van der Waals surface area contributed by atoms with Gasteiger partial charge in [0, 0.05) is 7.11 Å². The van der Waals surface area contributed by atoms with E-state index in [1.54, 1.807) is 7.11 Å². The van der Waals surface area contributed by atoms with E-state index in [2.05, 4.69) is 33.8 Å². The lowest BCUT2D eigenvalue weighted by molar-refractivity contribution is 0.0127. The standard InChI is InChI=1S/C16H29BO3/c1-15(2)12-17(20-16(15,3)4)13-6-8-14(9-7-13)19-11-10-18-5/h6,14H,7-12H2,1-5H3. The van der Waals surface area contributed by atoms with Crippen molar-refractivity contribution >= 4 is 6.92 Å². The molecule has 0 aromatic rings. The Morgan fingerprint density at radius 2 is 2.05 bits per heavy atom. The number of hydrogen-bond acceptors (Lipinski definition) is 3. The van der Waals surface area contributed by atoms with E-state index < -0.39 is 0 Å². The maximum absolute atomic E-state index is 6.31. The Morgan fingerprint density at radius 3 is 2.55 bits per heavy atom. The smallest absolute Gasteiger partial charge is 0.323 e. The maximum atomic E-state index is 6.31. The van der Waals surface area contributed by atoms with Crippen LogP contribution in [0.2, 0.25) is 6.32 Å². The van der Waals surface area contributed by atoms with E-state index in [-0.39, 0.29) is 11.0 Å². The zero-order valence-electron chi connectivity index (χ0n) is 13.7. The minimum absolute atomic E-state index is 0.0374. The minimum Gasteiger partial charge on any atom is -0.426 e. The summed E-state index contributed by atoms with van der Waals surface area (Å²) < 4.78 is 17.1. The highest BCUT2D eigenvalue weighted by Gasteiger charge is 2.50. The van der Waals surface area contributed by atoms with Crippen molar-refractivity contribution in [3.63, 3.8) is 0 Å². The molecular formula is C16H29BO3. The van der Waals surface area contributed by atoms with Gasteiger partial charge in [0.25, 0.3) is 0 Å². The zero-order chi connectivity index (χ0) is 14.8. The quantitative estimate of drug-likeness (QED) is 0.570. The SMILES string of the molecule is COCCOC1CC=C(B2CC(C)(C)C(C)(C)O2)CC1. The predicted molar refractivity (Wildman–Crippen MR) is 83.1 cm³/mol. The van der Waals surface area contributed by atoms with Gasteiger partial charge in [-0.05, 0) is 44.8 Å². The molecule has 1 unspecified atom stereocenters. The first-order valence-electron chi connectivity index (χ1n) is 7.83. The van der Waals surface area contributed by atoms with Gasteiger partial charge in [0.05, 0.1) is 24.9 Å². The molecule has 2 rings (SSSR count). The average molecular weight is 280 g/mol. The van der Waals surface area contributed by atoms with Crippen LogP contribution in [0, 0.1) is 5.41 Å². The molecule has 0 N–H and O–H groups in total. The highest BCUT2D eigenvalue weighted by atomic mass is 16.5. The Balaban J connectivity index is 1.87. The molecule has 1 heterocycles. The van der Waals surface area contributed by atoms with Gasteiger partial charge in [-0.1, -0.05) is 25.4 Å². The van der Waals surface area contributed by atoms with Crippen LogP contribution in [0.3, 0.4) is 0 Å². The summed E-state index contributed by atoms with van der Waals surface area (Å²) in [6.45, 7) is 10.7. The van der Waals surface area contributed by atoms with E-state index in [9.17, 15) is 0 Å². The van der Waals surface area contributed by atoms with Gasteiger partial charge in [-0.15, -0.1) is 0 Å². The van der Waals surface area contributed by atoms with Gasteiger partial charge in [0.1, 0.15) is 0 Å². The normalized spacial score (nSPS) is 28.6. The van der Waals surface area contributed by atoms with Crippen LogP contribution in [0.5, 0.6) is 0 Å². The first-order chi connectivity index (χ1) is 9.36. The number of allylic oxidation sites excluding steroid dienone is 1. The molecule has 3 nitrogen and oxygen atoms in total. The Kier molecular flexibility index (Phi) is 4.98. The van der Waals surface area contributed by atoms with Crippen molar-refractivity contribution in [3.05, 3.63) is 11.5 Å². The fourth-order valence-corrected chi connectivity index (χ4v) is 3.05. The molecule has 1 atom stereocenters. The summed E-state index contributed by atoms with van der Waals surface area (Å²) in [4.78, 5) is 0. The molecule has 1 fully saturated rings. The molecular weight excluding hydrogens is 251 g/mol. The van der Waals surface area contributed by atoms with Crippen molar-refractivity contribution in [2.24, 2.45) is 5.41 Å². The summed E-state index contributed by atoms with van der Waals surface area (Å²) in [6, 6.07) is 0. The minimum atomic E-state index is -0.0374. The second kappa shape index (κ2) is 6.21. The molecule has 0 bridgehead atoms. The molecule has 0 aromatic heterocycles. The van der Waals surface area contributed by atoms with Crippen LogP contribution in [-0.4, -0.2) is 38.9 Å². The van der Waals surface area contributed by atoms with Gasteiger partial charge in [-0.3, -0.25) is 0 Å². The molecule has 0 saturated carbocycles. The molecule has 1 saturated heterocycles. The summed E-state index contributed by atoms with van der Waals surface area (Å²) in [7, 11) is 1.71. The molecule has 1 aliphatic heterocycles. The topological polar surface area (TPSA) is 27.7 Å². The summed E-state index contributed by atoms with van der Waals surface area (Å²) in [6.07, 6.45) is 7.06. The molecule has 0 radical (unpaired) electrons. The van der Waals surface area contributed by atoms with Crippen LogP contribution in [0.15, 0.2) is 11.5 Å². The molecule has 1 aliphatic carbocycles. The molecule has 20 heavy (non-hydrogen) atoms. The molecule has 2 aliphatic rings. The van der Waals surface area contributed by atoms with Crippen molar-refractivity contribution in [3.8, 4) is 0 Å². The van der Waals surface area contributed by atoms with Crippen molar-refractivity contribution in [1.29, 1.82) is 0 Å². The zero-order valence-corrected chi connectivity index (χ0v) is 13.7. The summed E-state index contributed by atoms with van der Waals surface area (Å²) in [5.41, 5.74) is 1.68. The van der Waals surface area contributed by atoms with E-state index in [1.807, 2.05) is 0 Å². The maximum Gasteiger partial charge on any atom is 0.323 e. The van der Waals surface area contributed by atoms with E-state index in [0.29, 0.717) is 26.2 Å². The Labute approximate surface area is 124 Å². The number of hydrogen-bond donors (Lipinski definition) is 0. The largest absolute Gasteiger partial charge is 0.426 e. The average Bonchev–Trinajstić information content (AvgIpc) is 2.60. The van der Waals surface area contributed by atoms with Crippen LogP contribution in [0.4, 0.5) is 0 Å². The molecule has 0 amide bonds. The fraction of sp³-hybridized carbons (Fsp3) is 0.875. The summed E-state index contributed by atoms with van der Waals surface area (Å²) in [5, 5.41) is 0. The summed E-state index contributed by atoms with van der Waals surface area (Å²) in [5.74, 6) is 0.